The zero-order valence-electron chi connectivity index (χ0n) is 15.5. The zero-order chi connectivity index (χ0) is 19.3. The van der Waals surface area contributed by atoms with Gasteiger partial charge in [-0.3, -0.25) is 9.69 Å². The lowest BCUT2D eigenvalue weighted by molar-refractivity contribution is 0.0342. The molecule has 1 N–H and O–H groups in total. The molecule has 2 heterocycles. The second-order valence-corrected chi connectivity index (χ2v) is 7.20. The SMILES string of the molecule is O=C(Nc1ccc(CN2CCOCC2)c(Cl)c1)c1cccc(-n2cccc2)c1. The number of hydrogen-bond donors (Lipinski definition) is 1. The molecule has 0 atom stereocenters. The Labute approximate surface area is 169 Å². The van der Waals surface area contributed by atoms with E-state index in [-0.39, 0.29) is 5.91 Å². The molecule has 0 spiro atoms. The first-order valence-electron chi connectivity index (χ1n) is 9.32. The van der Waals surface area contributed by atoms with E-state index in [2.05, 4.69) is 10.2 Å². The summed E-state index contributed by atoms with van der Waals surface area (Å²) < 4.78 is 7.35. The number of hydrogen-bond acceptors (Lipinski definition) is 3. The predicted molar refractivity (Wildman–Crippen MR) is 111 cm³/mol. The molecule has 1 aliphatic rings. The van der Waals surface area contributed by atoms with E-state index < -0.39 is 0 Å². The lowest BCUT2D eigenvalue weighted by Gasteiger charge is -2.27. The van der Waals surface area contributed by atoms with Crippen molar-refractivity contribution in [3.63, 3.8) is 0 Å². The van der Waals surface area contributed by atoms with Gasteiger partial charge in [0, 0.05) is 54.0 Å². The third kappa shape index (κ3) is 4.44. The van der Waals surface area contributed by atoms with Crippen LogP contribution in [0.25, 0.3) is 5.69 Å². The first kappa shape index (κ1) is 18.7. The first-order valence-corrected chi connectivity index (χ1v) is 9.70. The highest BCUT2D eigenvalue weighted by atomic mass is 35.5. The lowest BCUT2D eigenvalue weighted by Crippen LogP contribution is -2.35. The fourth-order valence-electron chi connectivity index (χ4n) is 3.27. The second-order valence-electron chi connectivity index (χ2n) is 6.79. The molecule has 1 fully saturated rings. The minimum absolute atomic E-state index is 0.161. The summed E-state index contributed by atoms with van der Waals surface area (Å²) in [7, 11) is 0. The molecule has 3 aromatic rings. The molecule has 1 aliphatic heterocycles. The van der Waals surface area contributed by atoms with Gasteiger partial charge in [-0.15, -0.1) is 0 Å². The van der Waals surface area contributed by atoms with Crippen LogP contribution in [0.1, 0.15) is 15.9 Å². The van der Waals surface area contributed by atoms with E-state index in [4.69, 9.17) is 16.3 Å². The molecule has 0 radical (unpaired) electrons. The molecular weight excluding hydrogens is 374 g/mol. The molecule has 28 heavy (non-hydrogen) atoms. The predicted octanol–water partition coefficient (Wildman–Crippen LogP) is 4.22. The number of carbonyl (C=O) groups is 1. The number of benzene rings is 2. The second kappa shape index (κ2) is 8.61. The lowest BCUT2D eigenvalue weighted by atomic mass is 10.1. The van der Waals surface area contributed by atoms with Crippen molar-refractivity contribution >= 4 is 23.2 Å². The smallest absolute Gasteiger partial charge is 0.255 e. The van der Waals surface area contributed by atoms with Crippen LogP contribution in [0.15, 0.2) is 67.0 Å². The Bertz CT molecular complexity index is 950. The number of ether oxygens (including phenoxy) is 1. The van der Waals surface area contributed by atoms with Gasteiger partial charge in [-0.25, -0.2) is 0 Å². The van der Waals surface area contributed by atoms with Gasteiger partial charge >= 0.3 is 0 Å². The van der Waals surface area contributed by atoms with Crippen molar-refractivity contribution in [2.45, 2.75) is 6.54 Å². The molecule has 0 bridgehead atoms. The van der Waals surface area contributed by atoms with Crippen LogP contribution in [0.5, 0.6) is 0 Å². The van der Waals surface area contributed by atoms with Gasteiger partial charge in [0.05, 0.1) is 13.2 Å². The maximum absolute atomic E-state index is 12.7. The van der Waals surface area contributed by atoms with Gasteiger partial charge in [0.2, 0.25) is 0 Å². The highest BCUT2D eigenvalue weighted by molar-refractivity contribution is 6.31. The van der Waals surface area contributed by atoms with Crippen LogP contribution in [-0.2, 0) is 11.3 Å². The van der Waals surface area contributed by atoms with Gasteiger partial charge in [-0.05, 0) is 48.0 Å². The van der Waals surface area contributed by atoms with Crippen molar-refractivity contribution in [3.05, 3.63) is 83.1 Å². The zero-order valence-corrected chi connectivity index (χ0v) is 16.2. The maximum Gasteiger partial charge on any atom is 0.255 e. The fraction of sp³-hybridized carbons (Fsp3) is 0.227. The summed E-state index contributed by atoms with van der Waals surface area (Å²) in [5, 5.41) is 3.59. The topological polar surface area (TPSA) is 46.5 Å². The van der Waals surface area contributed by atoms with Crippen molar-refractivity contribution < 1.29 is 9.53 Å². The maximum atomic E-state index is 12.7. The Morgan fingerprint density at radius 2 is 1.82 bits per heavy atom. The van der Waals surface area contributed by atoms with Crippen LogP contribution in [0.4, 0.5) is 5.69 Å². The van der Waals surface area contributed by atoms with Gasteiger partial charge in [0.25, 0.3) is 5.91 Å². The van der Waals surface area contributed by atoms with E-state index in [1.54, 1.807) is 6.07 Å². The molecular formula is C22H22ClN3O2. The van der Waals surface area contributed by atoms with Gasteiger partial charge in [-0.1, -0.05) is 23.7 Å². The van der Waals surface area contributed by atoms with Gasteiger partial charge in [0.15, 0.2) is 0 Å². The molecule has 0 unspecified atom stereocenters. The number of anilines is 1. The van der Waals surface area contributed by atoms with E-state index in [0.29, 0.717) is 16.3 Å². The number of amides is 1. The van der Waals surface area contributed by atoms with Crippen molar-refractivity contribution in [1.82, 2.24) is 9.47 Å². The number of rotatable bonds is 5. The number of carbonyl (C=O) groups excluding carboxylic acids is 1. The molecule has 2 aromatic carbocycles. The average molecular weight is 396 g/mol. The molecule has 0 saturated carbocycles. The third-order valence-corrected chi connectivity index (χ3v) is 5.17. The van der Waals surface area contributed by atoms with Crippen molar-refractivity contribution in [2.24, 2.45) is 0 Å². The Kier molecular flexibility index (Phi) is 5.76. The van der Waals surface area contributed by atoms with Crippen LogP contribution in [0.3, 0.4) is 0 Å². The summed E-state index contributed by atoms with van der Waals surface area (Å²) in [6.07, 6.45) is 3.90. The summed E-state index contributed by atoms with van der Waals surface area (Å²) in [6, 6.07) is 17.1. The van der Waals surface area contributed by atoms with Gasteiger partial charge in [0.1, 0.15) is 0 Å². The van der Waals surface area contributed by atoms with Crippen LogP contribution >= 0.6 is 11.6 Å². The van der Waals surface area contributed by atoms with E-state index in [1.165, 1.54) is 0 Å². The largest absolute Gasteiger partial charge is 0.379 e. The standard InChI is InChI=1S/C22H22ClN3O2/c23-21-15-19(7-6-18(21)16-25-10-12-28-13-11-25)24-22(27)17-4-3-5-20(14-17)26-8-1-2-9-26/h1-9,14-15H,10-13,16H2,(H,24,27). The van der Waals surface area contributed by atoms with Crippen LogP contribution in [0, 0.1) is 0 Å². The Morgan fingerprint density at radius 3 is 2.57 bits per heavy atom. The minimum atomic E-state index is -0.161. The number of morpholine rings is 1. The number of nitrogens with one attached hydrogen (secondary N) is 1. The van der Waals surface area contributed by atoms with E-state index in [0.717, 1.165) is 44.1 Å². The number of nitrogens with zero attached hydrogens (tertiary/aromatic N) is 2. The summed E-state index contributed by atoms with van der Waals surface area (Å²) in [4.78, 5) is 15.0. The van der Waals surface area contributed by atoms with Crippen molar-refractivity contribution in [3.8, 4) is 5.69 Å². The van der Waals surface area contributed by atoms with Gasteiger partial charge < -0.3 is 14.6 Å². The van der Waals surface area contributed by atoms with E-state index in [9.17, 15) is 4.79 Å². The molecule has 1 saturated heterocycles. The summed E-state index contributed by atoms with van der Waals surface area (Å²) in [5.74, 6) is -0.161. The van der Waals surface area contributed by atoms with Crippen LogP contribution in [-0.4, -0.2) is 41.7 Å². The first-order chi connectivity index (χ1) is 13.7. The summed E-state index contributed by atoms with van der Waals surface area (Å²) in [6.45, 7) is 4.12. The van der Waals surface area contributed by atoms with E-state index in [1.807, 2.05) is 65.5 Å². The minimum Gasteiger partial charge on any atom is -0.379 e. The average Bonchev–Trinajstić information content (AvgIpc) is 3.26. The molecule has 4 rings (SSSR count). The highest BCUT2D eigenvalue weighted by Crippen LogP contribution is 2.23. The van der Waals surface area contributed by atoms with Crippen molar-refractivity contribution in [2.75, 3.05) is 31.6 Å². The Morgan fingerprint density at radius 1 is 1.04 bits per heavy atom. The highest BCUT2D eigenvalue weighted by Gasteiger charge is 2.13. The fourth-order valence-corrected chi connectivity index (χ4v) is 3.51. The summed E-state index contributed by atoms with van der Waals surface area (Å²) in [5.41, 5.74) is 3.28. The molecule has 5 nitrogen and oxygen atoms in total. The molecule has 6 heteroatoms. The quantitative estimate of drug-likeness (QED) is 0.703. The van der Waals surface area contributed by atoms with Crippen LogP contribution < -0.4 is 5.32 Å². The summed E-state index contributed by atoms with van der Waals surface area (Å²) >= 11 is 6.46. The normalized spacial score (nSPS) is 14.8. The third-order valence-electron chi connectivity index (χ3n) is 4.82. The Hall–Kier alpha value is -2.60. The molecule has 1 aromatic heterocycles. The van der Waals surface area contributed by atoms with Gasteiger partial charge in [-0.2, -0.15) is 0 Å². The monoisotopic (exact) mass is 395 g/mol. The molecule has 144 valence electrons. The Balaban J connectivity index is 1.44. The van der Waals surface area contributed by atoms with Crippen LogP contribution in [0.2, 0.25) is 5.02 Å². The molecule has 1 amide bonds. The molecule has 0 aliphatic carbocycles. The van der Waals surface area contributed by atoms with Crippen molar-refractivity contribution in [1.29, 1.82) is 0 Å². The number of halogens is 1. The number of aromatic nitrogens is 1. The van der Waals surface area contributed by atoms with E-state index >= 15 is 0 Å².